The Morgan fingerprint density at radius 1 is 1.22 bits per heavy atom. The molecule has 5 nitrogen and oxygen atoms in total. The van der Waals surface area contributed by atoms with Gasteiger partial charge in [0.2, 0.25) is 5.91 Å². The normalized spacial score (nSPS) is 15.8. The van der Waals surface area contributed by atoms with Gasteiger partial charge in [-0.05, 0) is 40.8 Å². The maximum Gasteiger partial charge on any atom is 0.410 e. The Kier molecular flexibility index (Phi) is 6.65. The molecule has 1 aromatic carbocycles. The highest BCUT2D eigenvalue weighted by molar-refractivity contribution is 7.08. The van der Waals surface area contributed by atoms with Crippen LogP contribution in [0.3, 0.4) is 0 Å². The molecule has 0 aliphatic carbocycles. The van der Waals surface area contributed by atoms with Gasteiger partial charge in [-0.3, -0.25) is 4.79 Å². The summed E-state index contributed by atoms with van der Waals surface area (Å²) in [6, 6.07) is 11.9. The highest BCUT2D eigenvalue weighted by atomic mass is 32.1. The van der Waals surface area contributed by atoms with Gasteiger partial charge in [0.1, 0.15) is 6.61 Å². The molecule has 6 heteroatoms. The van der Waals surface area contributed by atoms with Crippen LogP contribution in [0.5, 0.6) is 0 Å². The van der Waals surface area contributed by atoms with E-state index in [4.69, 9.17) is 4.74 Å². The van der Waals surface area contributed by atoms with Crippen molar-refractivity contribution in [3.05, 3.63) is 70.9 Å². The topological polar surface area (TPSA) is 58.6 Å². The molecule has 27 heavy (non-hydrogen) atoms. The van der Waals surface area contributed by atoms with Gasteiger partial charge in [-0.15, -0.1) is 0 Å². The van der Waals surface area contributed by atoms with Gasteiger partial charge in [-0.2, -0.15) is 11.3 Å². The SMILES string of the molecule is C=CCOC(=O)N1CCC(C(=O)NC(c2ccccc2)c2ccsc2)CC1. The van der Waals surface area contributed by atoms with Crippen molar-refractivity contribution in [1.82, 2.24) is 10.2 Å². The summed E-state index contributed by atoms with van der Waals surface area (Å²) in [5.41, 5.74) is 2.15. The Hall–Kier alpha value is -2.60. The zero-order chi connectivity index (χ0) is 19.1. The maximum absolute atomic E-state index is 12.9. The molecule has 2 amide bonds. The first-order chi connectivity index (χ1) is 13.2. The summed E-state index contributed by atoms with van der Waals surface area (Å²) in [5, 5.41) is 7.29. The van der Waals surface area contributed by atoms with E-state index < -0.39 is 0 Å². The number of benzene rings is 1. The molecule has 142 valence electrons. The van der Waals surface area contributed by atoms with Crippen molar-refractivity contribution in [1.29, 1.82) is 0 Å². The molecule has 1 aliphatic rings. The van der Waals surface area contributed by atoms with Gasteiger partial charge in [-0.1, -0.05) is 43.0 Å². The Morgan fingerprint density at radius 2 is 1.96 bits per heavy atom. The lowest BCUT2D eigenvalue weighted by Gasteiger charge is -2.31. The second-order valence-corrected chi connectivity index (χ2v) is 7.32. The van der Waals surface area contributed by atoms with E-state index in [-0.39, 0.29) is 30.6 Å². The number of nitrogens with zero attached hydrogens (tertiary/aromatic N) is 1. The number of piperidine rings is 1. The van der Waals surface area contributed by atoms with Crippen molar-refractivity contribution in [3.8, 4) is 0 Å². The molecular weight excluding hydrogens is 360 g/mol. The molecule has 2 heterocycles. The van der Waals surface area contributed by atoms with Crippen LogP contribution in [0, 0.1) is 5.92 Å². The largest absolute Gasteiger partial charge is 0.445 e. The van der Waals surface area contributed by atoms with Crippen LogP contribution in [0.25, 0.3) is 0 Å². The third-order valence-corrected chi connectivity index (χ3v) is 5.45. The quantitative estimate of drug-likeness (QED) is 0.766. The van der Waals surface area contributed by atoms with Gasteiger partial charge in [0.25, 0.3) is 0 Å². The van der Waals surface area contributed by atoms with Crippen molar-refractivity contribution in [3.63, 3.8) is 0 Å². The molecule has 0 bridgehead atoms. The Morgan fingerprint density at radius 3 is 2.59 bits per heavy atom. The summed E-state index contributed by atoms with van der Waals surface area (Å²) >= 11 is 1.62. The number of hydrogen-bond acceptors (Lipinski definition) is 4. The van der Waals surface area contributed by atoms with Crippen molar-refractivity contribution in [2.45, 2.75) is 18.9 Å². The third-order valence-electron chi connectivity index (χ3n) is 4.74. The Balaban J connectivity index is 1.60. The van der Waals surface area contributed by atoms with Crippen molar-refractivity contribution < 1.29 is 14.3 Å². The monoisotopic (exact) mass is 384 g/mol. The van der Waals surface area contributed by atoms with Gasteiger partial charge in [0.15, 0.2) is 0 Å². The van der Waals surface area contributed by atoms with Gasteiger partial charge in [0.05, 0.1) is 6.04 Å². The minimum Gasteiger partial charge on any atom is -0.445 e. The lowest BCUT2D eigenvalue weighted by atomic mass is 9.94. The second kappa shape index (κ2) is 9.37. The van der Waals surface area contributed by atoms with Gasteiger partial charge >= 0.3 is 6.09 Å². The molecule has 2 aromatic rings. The lowest BCUT2D eigenvalue weighted by molar-refractivity contribution is -0.126. The first-order valence-corrected chi connectivity index (χ1v) is 10.0. The van der Waals surface area contributed by atoms with E-state index in [1.54, 1.807) is 22.3 Å². The molecule has 0 saturated carbocycles. The molecule has 1 aromatic heterocycles. The van der Waals surface area contributed by atoms with E-state index in [2.05, 4.69) is 17.3 Å². The van der Waals surface area contributed by atoms with Crippen LogP contribution in [0.2, 0.25) is 0 Å². The number of hydrogen-bond donors (Lipinski definition) is 1. The first kappa shape index (κ1) is 19.2. The van der Waals surface area contributed by atoms with Crippen LogP contribution < -0.4 is 5.32 Å². The van der Waals surface area contributed by atoms with Gasteiger partial charge in [-0.25, -0.2) is 4.79 Å². The predicted molar refractivity (Wildman–Crippen MR) is 107 cm³/mol. The molecule has 1 unspecified atom stereocenters. The highest BCUT2D eigenvalue weighted by Gasteiger charge is 2.29. The highest BCUT2D eigenvalue weighted by Crippen LogP contribution is 2.26. The molecule has 0 spiro atoms. The average molecular weight is 385 g/mol. The number of carbonyl (C=O) groups excluding carboxylic acids is 2. The van der Waals surface area contributed by atoms with E-state index in [0.717, 1.165) is 11.1 Å². The van der Waals surface area contributed by atoms with E-state index in [1.165, 1.54) is 0 Å². The Labute approximate surface area is 163 Å². The van der Waals surface area contributed by atoms with Crippen LogP contribution >= 0.6 is 11.3 Å². The second-order valence-electron chi connectivity index (χ2n) is 6.54. The summed E-state index contributed by atoms with van der Waals surface area (Å²) in [6.45, 7) is 4.81. The molecule has 1 fully saturated rings. The Bertz CT molecular complexity index is 753. The maximum atomic E-state index is 12.9. The molecule has 3 rings (SSSR count). The molecule has 1 saturated heterocycles. The molecular formula is C21H24N2O3S. The summed E-state index contributed by atoms with van der Waals surface area (Å²) < 4.78 is 5.07. The smallest absolute Gasteiger partial charge is 0.410 e. The molecule has 0 radical (unpaired) electrons. The minimum atomic E-state index is -0.339. The summed E-state index contributed by atoms with van der Waals surface area (Å²) in [7, 11) is 0. The zero-order valence-corrected chi connectivity index (χ0v) is 16.0. The number of thiophene rings is 1. The number of rotatable bonds is 6. The fourth-order valence-electron chi connectivity index (χ4n) is 3.25. The first-order valence-electron chi connectivity index (χ1n) is 9.09. The van der Waals surface area contributed by atoms with Crippen molar-refractivity contribution in [2.24, 2.45) is 5.92 Å². The van der Waals surface area contributed by atoms with Crippen LogP contribution in [0.4, 0.5) is 4.79 Å². The summed E-state index contributed by atoms with van der Waals surface area (Å²) in [6.07, 6.45) is 2.49. The van der Waals surface area contributed by atoms with E-state index in [9.17, 15) is 9.59 Å². The number of amides is 2. The van der Waals surface area contributed by atoms with Crippen molar-refractivity contribution >= 4 is 23.3 Å². The number of likely N-dealkylation sites (tertiary alicyclic amines) is 1. The number of ether oxygens (including phenoxy) is 1. The molecule has 1 aliphatic heterocycles. The van der Waals surface area contributed by atoms with Crippen LogP contribution in [0.1, 0.15) is 30.0 Å². The van der Waals surface area contributed by atoms with E-state index in [1.807, 2.05) is 41.8 Å². The number of nitrogens with one attached hydrogen (secondary N) is 1. The van der Waals surface area contributed by atoms with Crippen LogP contribution in [0.15, 0.2) is 59.8 Å². The average Bonchev–Trinajstić information content (AvgIpc) is 3.25. The third kappa shape index (κ3) is 4.98. The fraction of sp³-hybridized carbons (Fsp3) is 0.333. The van der Waals surface area contributed by atoms with Crippen LogP contribution in [-0.2, 0) is 9.53 Å². The van der Waals surface area contributed by atoms with E-state index in [0.29, 0.717) is 25.9 Å². The molecule has 1 atom stereocenters. The minimum absolute atomic E-state index is 0.0363. The van der Waals surface area contributed by atoms with Crippen molar-refractivity contribution in [2.75, 3.05) is 19.7 Å². The van der Waals surface area contributed by atoms with Gasteiger partial charge in [0, 0.05) is 19.0 Å². The van der Waals surface area contributed by atoms with E-state index >= 15 is 0 Å². The number of carbonyl (C=O) groups is 2. The summed E-state index contributed by atoms with van der Waals surface area (Å²) in [4.78, 5) is 26.4. The predicted octanol–water partition coefficient (Wildman–Crippen LogP) is 3.99. The lowest BCUT2D eigenvalue weighted by Crippen LogP contribution is -2.44. The van der Waals surface area contributed by atoms with Crippen LogP contribution in [-0.4, -0.2) is 36.6 Å². The summed E-state index contributed by atoms with van der Waals surface area (Å²) in [5.74, 6) is -0.0625. The zero-order valence-electron chi connectivity index (χ0n) is 15.2. The standard InChI is InChI=1S/C21H24N2O3S/c1-2-13-26-21(25)23-11-8-17(9-12-23)20(24)22-19(18-10-14-27-15-18)16-6-4-3-5-7-16/h2-7,10,14-15,17,19H,1,8-9,11-13H2,(H,22,24). The fourth-order valence-corrected chi connectivity index (χ4v) is 3.94. The molecule has 1 N–H and O–H groups in total. The van der Waals surface area contributed by atoms with Gasteiger partial charge < -0.3 is 15.0 Å².